The molecule has 2 heteroatoms. The van der Waals surface area contributed by atoms with Gasteiger partial charge in [0, 0.05) is 32.3 Å². The van der Waals surface area contributed by atoms with E-state index in [1.807, 2.05) is 6.07 Å². The lowest BCUT2D eigenvalue weighted by Crippen LogP contribution is -2.14. The molecule has 0 N–H and O–H groups in total. The average molecular weight is 550 g/mol. The van der Waals surface area contributed by atoms with Gasteiger partial charge in [-0.15, -0.1) is 0 Å². The largest absolute Gasteiger partial charge is 0.456 e. The Morgan fingerprint density at radius 1 is 0.512 bits per heavy atom. The molecule has 10 rings (SSSR count). The van der Waals surface area contributed by atoms with Gasteiger partial charge in [-0.25, -0.2) is 0 Å². The molecule has 0 radical (unpaired) electrons. The molecule has 9 aromatic rings. The molecule has 2 heterocycles. The van der Waals surface area contributed by atoms with Crippen LogP contribution in [-0.4, -0.2) is 4.57 Å². The Bertz CT molecular complexity index is 2650. The van der Waals surface area contributed by atoms with Gasteiger partial charge in [0.2, 0.25) is 0 Å². The minimum Gasteiger partial charge on any atom is -0.456 e. The first kappa shape index (κ1) is 23.2. The highest BCUT2D eigenvalue weighted by atomic mass is 16.3. The molecule has 2 nitrogen and oxygen atoms in total. The molecule has 0 spiro atoms. The summed E-state index contributed by atoms with van der Waals surface area (Å²) in [5, 5.41) is 10.0. The summed E-state index contributed by atoms with van der Waals surface area (Å²) in [4.78, 5) is 0. The lowest BCUT2D eigenvalue weighted by molar-refractivity contribution is 0.647. The summed E-state index contributed by atoms with van der Waals surface area (Å²) in [6, 6.07) is 46.7. The van der Waals surface area contributed by atoms with Crippen LogP contribution in [0, 0.1) is 0 Å². The van der Waals surface area contributed by atoms with Crippen LogP contribution in [0.2, 0.25) is 0 Å². The van der Waals surface area contributed by atoms with Gasteiger partial charge in [-0.1, -0.05) is 105 Å². The van der Waals surface area contributed by atoms with Crippen LogP contribution in [0.5, 0.6) is 0 Å². The number of nitrogens with zero attached hydrogens (tertiary/aromatic N) is 1. The summed E-state index contributed by atoms with van der Waals surface area (Å²) in [5.74, 6) is 0. The van der Waals surface area contributed by atoms with Crippen molar-refractivity contribution in [2.75, 3.05) is 0 Å². The Hall–Kier alpha value is -5.34. The SMILES string of the molecule is CC1(C)c2cc3oc4ccccc4c3cc2-c2c1ccc1c2c2ccccc2n1-c1cc2ccccc2c2ccccc12. The molecule has 7 aromatic carbocycles. The number of benzene rings is 7. The number of hydrogen-bond donors (Lipinski definition) is 0. The van der Waals surface area contributed by atoms with Crippen LogP contribution in [0.15, 0.2) is 132 Å². The summed E-state index contributed by atoms with van der Waals surface area (Å²) >= 11 is 0. The van der Waals surface area contributed by atoms with E-state index < -0.39 is 0 Å². The number of aromatic nitrogens is 1. The van der Waals surface area contributed by atoms with E-state index in [9.17, 15) is 0 Å². The molecule has 0 unspecified atom stereocenters. The van der Waals surface area contributed by atoms with Crippen molar-refractivity contribution in [2.24, 2.45) is 0 Å². The van der Waals surface area contributed by atoms with Gasteiger partial charge in [0.15, 0.2) is 0 Å². The highest BCUT2D eigenvalue weighted by Crippen LogP contribution is 2.55. The van der Waals surface area contributed by atoms with Crippen molar-refractivity contribution in [3.63, 3.8) is 0 Å². The molecule has 2 aromatic heterocycles. The summed E-state index contributed by atoms with van der Waals surface area (Å²) in [6.45, 7) is 4.71. The topological polar surface area (TPSA) is 18.1 Å². The van der Waals surface area contributed by atoms with E-state index >= 15 is 0 Å². The number of furan rings is 1. The Labute approximate surface area is 248 Å². The summed E-state index contributed by atoms with van der Waals surface area (Å²) in [7, 11) is 0. The summed E-state index contributed by atoms with van der Waals surface area (Å²) in [5.41, 5.74) is 10.8. The molecule has 0 fully saturated rings. The van der Waals surface area contributed by atoms with Crippen molar-refractivity contribution >= 4 is 65.3 Å². The van der Waals surface area contributed by atoms with E-state index in [-0.39, 0.29) is 5.41 Å². The fraction of sp³-hybridized carbons (Fsp3) is 0.0732. The van der Waals surface area contributed by atoms with Gasteiger partial charge in [-0.05, 0) is 74.8 Å². The second-order valence-electron chi connectivity index (χ2n) is 12.5. The van der Waals surface area contributed by atoms with E-state index in [4.69, 9.17) is 4.42 Å². The van der Waals surface area contributed by atoms with E-state index in [1.54, 1.807) is 0 Å². The molecule has 202 valence electrons. The standard InChI is InChI=1S/C41H27NO/c1-41(2)32-19-20-35-40(39(32)31-22-30-28-15-8-10-18-37(28)43-38(30)23-33(31)41)29-16-7-9-17-34(29)42(35)36-21-24-11-3-4-12-25(24)26-13-5-6-14-27(26)36/h3-23H,1-2H3. The average Bonchev–Trinajstić information content (AvgIpc) is 3.65. The van der Waals surface area contributed by atoms with Crippen LogP contribution in [-0.2, 0) is 5.41 Å². The second kappa shape index (κ2) is 7.93. The number of para-hydroxylation sites is 2. The smallest absolute Gasteiger partial charge is 0.135 e. The van der Waals surface area contributed by atoms with Crippen LogP contribution in [0.25, 0.3) is 82.1 Å². The predicted molar refractivity (Wildman–Crippen MR) is 181 cm³/mol. The molecular formula is C41H27NO. The molecule has 1 aliphatic rings. The first-order valence-electron chi connectivity index (χ1n) is 15.0. The molecule has 43 heavy (non-hydrogen) atoms. The van der Waals surface area contributed by atoms with E-state index in [0.29, 0.717) is 0 Å². The van der Waals surface area contributed by atoms with Gasteiger partial charge in [-0.2, -0.15) is 0 Å². The van der Waals surface area contributed by atoms with Crippen LogP contribution < -0.4 is 0 Å². The van der Waals surface area contributed by atoms with Crippen LogP contribution in [0.1, 0.15) is 25.0 Å². The van der Waals surface area contributed by atoms with Gasteiger partial charge in [0.1, 0.15) is 11.2 Å². The monoisotopic (exact) mass is 549 g/mol. The van der Waals surface area contributed by atoms with Gasteiger partial charge < -0.3 is 8.98 Å². The van der Waals surface area contributed by atoms with Crippen LogP contribution in [0.4, 0.5) is 0 Å². The zero-order valence-corrected chi connectivity index (χ0v) is 24.0. The fourth-order valence-corrected chi connectivity index (χ4v) is 7.98. The van der Waals surface area contributed by atoms with Crippen LogP contribution in [0.3, 0.4) is 0 Å². The highest BCUT2D eigenvalue weighted by molar-refractivity contribution is 6.21. The third-order valence-electron chi connectivity index (χ3n) is 9.96. The van der Waals surface area contributed by atoms with E-state index in [2.05, 4.69) is 140 Å². The third kappa shape index (κ3) is 2.88. The van der Waals surface area contributed by atoms with Gasteiger partial charge in [0.25, 0.3) is 0 Å². The number of hydrogen-bond acceptors (Lipinski definition) is 1. The van der Waals surface area contributed by atoms with Gasteiger partial charge in [0.05, 0.1) is 16.7 Å². The number of fused-ring (bicyclic) bond motifs is 13. The first-order valence-corrected chi connectivity index (χ1v) is 15.0. The maximum Gasteiger partial charge on any atom is 0.135 e. The van der Waals surface area contributed by atoms with Crippen LogP contribution >= 0.6 is 0 Å². The lowest BCUT2D eigenvalue weighted by atomic mass is 9.82. The Morgan fingerprint density at radius 3 is 2.07 bits per heavy atom. The quantitative estimate of drug-likeness (QED) is 0.186. The zero-order chi connectivity index (χ0) is 28.4. The molecule has 0 saturated heterocycles. The minimum absolute atomic E-state index is 0.148. The normalized spacial score (nSPS) is 14.0. The summed E-state index contributed by atoms with van der Waals surface area (Å²) < 4.78 is 8.86. The molecular weight excluding hydrogens is 522 g/mol. The van der Waals surface area contributed by atoms with Gasteiger partial charge >= 0.3 is 0 Å². The zero-order valence-electron chi connectivity index (χ0n) is 24.0. The molecule has 0 amide bonds. The maximum atomic E-state index is 6.36. The van der Waals surface area contributed by atoms with E-state index in [1.165, 1.54) is 82.1 Å². The summed E-state index contributed by atoms with van der Waals surface area (Å²) in [6.07, 6.45) is 0. The third-order valence-corrected chi connectivity index (χ3v) is 9.96. The van der Waals surface area contributed by atoms with Crippen molar-refractivity contribution in [2.45, 2.75) is 19.3 Å². The molecule has 0 aliphatic heterocycles. The molecule has 0 atom stereocenters. The Kier molecular flexibility index (Phi) is 4.29. The second-order valence-corrected chi connectivity index (χ2v) is 12.5. The number of rotatable bonds is 1. The maximum absolute atomic E-state index is 6.36. The Balaban J connectivity index is 1.38. The van der Waals surface area contributed by atoms with Crippen molar-refractivity contribution < 1.29 is 4.42 Å². The predicted octanol–water partition coefficient (Wildman–Crippen LogP) is 11.3. The lowest BCUT2D eigenvalue weighted by Gasteiger charge is -2.21. The van der Waals surface area contributed by atoms with E-state index in [0.717, 1.165) is 11.2 Å². The van der Waals surface area contributed by atoms with Crippen molar-refractivity contribution in [1.82, 2.24) is 4.57 Å². The first-order chi connectivity index (χ1) is 21.1. The minimum atomic E-state index is -0.148. The highest BCUT2D eigenvalue weighted by Gasteiger charge is 2.38. The molecule has 0 bridgehead atoms. The van der Waals surface area contributed by atoms with Crippen molar-refractivity contribution in [3.05, 3.63) is 139 Å². The van der Waals surface area contributed by atoms with Gasteiger partial charge in [-0.3, -0.25) is 0 Å². The van der Waals surface area contributed by atoms with Crippen molar-refractivity contribution in [3.8, 4) is 16.8 Å². The molecule has 0 saturated carbocycles. The Morgan fingerprint density at radius 2 is 1.21 bits per heavy atom. The van der Waals surface area contributed by atoms with Crippen molar-refractivity contribution in [1.29, 1.82) is 0 Å². The fourth-order valence-electron chi connectivity index (χ4n) is 7.98. The molecule has 1 aliphatic carbocycles.